The second-order valence-electron chi connectivity index (χ2n) is 4.40. The molecule has 0 saturated carbocycles. The molecule has 1 atom stereocenters. The van der Waals surface area contributed by atoms with Crippen molar-refractivity contribution in [1.82, 2.24) is 25.5 Å². The highest BCUT2D eigenvalue weighted by molar-refractivity contribution is 5.32. The van der Waals surface area contributed by atoms with Crippen molar-refractivity contribution in [2.24, 2.45) is 0 Å². The summed E-state index contributed by atoms with van der Waals surface area (Å²) in [5.41, 5.74) is 0.986. The van der Waals surface area contributed by atoms with Gasteiger partial charge in [0.2, 0.25) is 0 Å². The monoisotopic (exact) mass is 276 g/mol. The Labute approximate surface area is 115 Å². The molecule has 0 bridgehead atoms. The number of non-ortho nitro benzene ring substituents is 1. The van der Waals surface area contributed by atoms with E-state index in [1.807, 2.05) is 13.8 Å². The maximum absolute atomic E-state index is 10.6. The number of nitrogens with zero attached hydrogens (tertiary/aromatic N) is 5. The molecular formula is C12H16N6O2. The fraction of sp³-hybridized carbons (Fsp3) is 0.417. The highest BCUT2D eigenvalue weighted by Crippen LogP contribution is 2.14. The van der Waals surface area contributed by atoms with Crippen molar-refractivity contribution in [2.75, 3.05) is 6.54 Å². The van der Waals surface area contributed by atoms with Crippen LogP contribution in [0.5, 0.6) is 0 Å². The summed E-state index contributed by atoms with van der Waals surface area (Å²) in [7, 11) is 0. The van der Waals surface area contributed by atoms with Gasteiger partial charge in [-0.2, -0.15) is 0 Å². The molecule has 20 heavy (non-hydrogen) atoms. The fourth-order valence-electron chi connectivity index (χ4n) is 1.93. The quantitative estimate of drug-likeness (QED) is 0.630. The molecule has 0 saturated heterocycles. The van der Waals surface area contributed by atoms with Crippen molar-refractivity contribution < 1.29 is 4.92 Å². The minimum absolute atomic E-state index is 0.0491. The smallest absolute Gasteiger partial charge is 0.269 e. The first-order valence-electron chi connectivity index (χ1n) is 6.34. The van der Waals surface area contributed by atoms with E-state index in [1.54, 1.807) is 16.8 Å². The zero-order valence-electron chi connectivity index (χ0n) is 11.4. The van der Waals surface area contributed by atoms with Crippen LogP contribution in [0, 0.1) is 10.1 Å². The topological polar surface area (TPSA) is 98.8 Å². The SMILES string of the molecule is CCNC(C)c1nnnn1Cc1ccc([N+](=O)[O-])cc1. The predicted octanol–water partition coefficient (Wildman–Crippen LogP) is 1.30. The second-order valence-corrected chi connectivity index (χ2v) is 4.40. The van der Waals surface area contributed by atoms with Crippen LogP contribution < -0.4 is 5.32 Å². The molecule has 1 heterocycles. The Kier molecular flexibility index (Phi) is 4.36. The van der Waals surface area contributed by atoms with Crippen molar-refractivity contribution in [2.45, 2.75) is 26.4 Å². The van der Waals surface area contributed by atoms with Crippen LogP contribution in [-0.4, -0.2) is 31.7 Å². The van der Waals surface area contributed by atoms with Gasteiger partial charge in [0.25, 0.3) is 5.69 Å². The lowest BCUT2D eigenvalue weighted by molar-refractivity contribution is -0.384. The Morgan fingerprint density at radius 2 is 2.10 bits per heavy atom. The minimum Gasteiger partial charge on any atom is -0.308 e. The van der Waals surface area contributed by atoms with Gasteiger partial charge in [-0.05, 0) is 29.5 Å². The third-order valence-corrected chi connectivity index (χ3v) is 2.94. The van der Waals surface area contributed by atoms with Crippen LogP contribution in [0.1, 0.15) is 31.3 Å². The van der Waals surface area contributed by atoms with E-state index in [4.69, 9.17) is 0 Å². The molecule has 0 fully saturated rings. The van der Waals surface area contributed by atoms with Gasteiger partial charge in [-0.1, -0.05) is 19.1 Å². The van der Waals surface area contributed by atoms with E-state index in [0.29, 0.717) is 6.54 Å². The lowest BCUT2D eigenvalue weighted by Crippen LogP contribution is -2.22. The molecule has 0 spiro atoms. The van der Waals surface area contributed by atoms with E-state index in [1.165, 1.54) is 12.1 Å². The van der Waals surface area contributed by atoms with Crippen LogP contribution >= 0.6 is 0 Å². The molecule has 0 aliphatic rings. The van der Waals surface area contributed by atoms with Crippen LogP contribution in [0.4, 0.5) is 5.69 Å². The predicted molar refractivity (Wildman–Crippen MR) is 72.1 cm³/mol. The van der Waals surface area contributed by atoms with Crippen molar-refractivity contribution >= 4 is 5.69 Å². The van der Waals surface area contributed by atoms with Crippen molar-refractivity contribution in [1.29, 1.82) is 0 Å². The Morgan fingerprint density at radius 1 is 1.40 bits per heavy atom. The molecule has 1 unspecified atom stereocenters. The molecule has 1 aromatic heterocycles. The summed E-state index contributed by atoms with van der Waals surface area (Å²) in [6.45, 7) is 5.31. The van der Waals surface area contributed by atoms with E-state index in [0.717, 1.165) is 17.9 Å². The van der Waals surface area contributed by atoms with Crippen LogP contribution in [-0.2, 0) is 6.54 Å². The first-order valence-corrected chi connectivity index (χ1v) is 6.34. The summed E-state index contributed by atoms with van der Waals surface area (Å²) >= 11 is 0. The summed E-state index contributed by atoms with van der Waals surface area (Å²) in [4.78, 5) is 10.2. The summed E-state index contributed by atoms with van der Waals surface area (Å²) in [5.74, 6) is 0.741. The van der Waals surface area contributed by atoms with Gasteiger partial charge in [0.1, 0.15) is 0 Å². The average molecular weight is 276 g/mol. The normalized spacial score (nSPS) is 12.3. The molecule has 1 aromatic carbocycles. The maximum atomic E-state index is 10.6. The lowest BCUT2D eigenvalue weighted by atomic mass is 10.2. The zero-order chi connectivity index (χ0) is 14.5. The lowest BCUT2D eigenvalue weighted by Gasteiger charge is -2.11. The van der Waals surface area contributed by atoms with Crippen LogP contribution in [0.25, 0.3) is 0 Å². The largest absolute Gasteiger partial charge is 0.308 e. The van der Waals surface area contributed by atoms with Gasteiger partial charge < -0.3 is 5.32 Å². The van der Waals surface area contributed by atoms with Crippen molar-refractivity contribution in [3.63, 3.8) is 0 Å². The summed E-state index contributed by atoms with van der Waals surface area (Å²) < 4.78 is 1.69. The van der Waals surface area contributed by atoms with Crippen molar-refractivity contribution in [3.8, 4) is 0 Å². The number of tetrazole rings is 1. The Morgan fingerprint density at radius 3 is 2.70 bits per heavy atom. The number of nitro benzene ring substituents is 1. The zero-order valence-corrected chi connectivity index (χ0v) is 11.4. The Balaban J connectivity index is 2.14. The Bertz CT molecular complexity index is 580. The standard InChI is InChI=1S/C12H16N6O2/c1-3-13-9(2)12-14-15-16-17(12)8-10-4-6-11(7-5-10)18(19)20/h4-7,9,13H,3,8H2,1-2H3. The number of hydrogen-bond donors (Lipinski definition) is 1. The first kappa shape index (κ1) is 14.1. The molecule has 106 valence electrons. The number of nitro groups is 1. The second kappa shape index (κ2) is 6.20. The van der Waals surface area contributed by atoms with E-state index in [-0.39, 0.29) is 11.7 Å². The fourth-order valence-corrected chi connectivity index (χ4v) is 1.93. The van der Waals surface area contributed by atoms with Gasteiger partial charge in [0, 0.05) is 12.1 Å². The van der Waals surface area contributed by atoms with Gasteiger partial charge in [-0.15, -0.1) is 5.10 Å². The highest BCUT2D eigenvalue weighted by Gasteiger charge is 2.14. The van der Waals surface area contributed by atoms with E-state index >= 15 is 0 Å². The number of nitrogens with one attached hydrogen (secondary N) is 1. The molecule has 0 aliphatic carbocycles. The van der Waals surface area contributed by atoms with Gasteiger partial charge in [-0.25, -0.2) is 4.68 Å². The first-order chi connectivity index (χ1) is 9.61. The van der Waals surface area contributed by atoms with Crippen LogP contribution in [0.15, 0.2) is 24.3 Å². The van der Waals surface area contributed by atoms with E-state index < -0.39 is 4.92 Å². The van der Waals surface area contributed by atoms with Gasteiger partial charge >= 0.3 is 0 Å². The number of hydrogen-bond acceptors (Lipinski definition) is 6. The molecule has 2 rings (SSSR count). The van der Waals surface area contributed by atoms with Crippen LogP contribution in [0.2, 0.25) is 0 Å². The molecule has 8 heteroatoms. The number of aromatic nitrogens is 4. The average Bonchev–Trinajstić information content (AvgIpc) is 2.88. The van der Waals surface area contributed by atoms with Gasteiger partial charge in [-0.3, -0.25) is 10.1 Å². The molecule has 2 aromatic rings. The highest BCUT2D eigenvalue weighted by atomic mass is 16.6. The van der Waals surface area contributed by atoms with Crippen LogP contribution in [0.3, 0.4) is 0 Å². The molecule has 0 aliphatic heterocycles. The molecule has 1 N–H and O–H groups in total. The Hall–Kier alpha value is -2.35. The summed E-state index contributed by atoms with van der Waals surface area (Å²) in [6.07, 6.45) is 0. The van der Waals surface area contributed by atoms with Gasteiger partial charge in [0.05, 0.1) is 17.5 Å². The summed E-state index contributed by atoms with van der Waals surface area (Å²) in [5, 5.41) is 25.5. The van der Waals surface area contributed by atoms with Gasteiger partial charge in [0.15, 0.2) is 5.82 Å². The maximum Gasteiger partial charge on any atom is 0.269 e. The molecular weight excluding hydrogens is 260 g/mol. The molecule has 8 nitrogen and oxygen atoms in total. The molecule has 0 radical (unpaired) electrons. The van der Waals surface area contributed by atoms with E-state index in [9.17, 15) is 10.1 Å². The molecule has 0 amide bonds. The number of benzene rings is 1. The minimum atomic E-state index is -0.417. The summed E-state index contributed by atoms with van der Waals surface area (Å²) in [6, 6.07) is 6.43. The number of rotatable bonds is 6. The van der Waals surface area contributed by atoms with Crippen molar-refractivity contribution in [3.05, 3.63) is 45.8 Å². The van der Waals surface area contributed by atoms with E-state index in [2.05, 4.69) is 20.8 Å². The third-order valence-electron chi connectivity index (χ3n) is 2.94. The third kappa shape index (κ3) is 3.15.